The van der Waals surface area contributed by atoms with Crippen molar-refractivity contribution in [2.75, 3.05) is 13.7 Å². The van der Waals surface area contributed by atoms with Crippen molar-refractivity contribution in [3.63, 3.8) is 0 Å². The fourth-order valence-corrected chi connectivity index (χ4v) is 3.36. The van der Waals surface area contributed by atoms with Gasteiger partial charge in [-0.3, -0.25) is 9.59 Å². The molecule has 4 nitrogen and oxygen atoms in total. The van der Waals surface area contributed by atoms with Crippen molar-refractivity contribution >= 4 is 11.9 Å². The summed E-state index contributed by atoms with van der Waals surface area (Å²) >= 11 is 0. The van der Waals surface area contributed by atoms with Crippen LogP contribution in [-0.4, -0.2) is 25.7 Å². The zero-order chi connectivity index (χ0) is 10.6. The molecule has 3 rings (SSSR count). The molecule has 15 heavy (non-hydrogen) atoms. The summed E-state index contributed by atoms with van der Waals surface area (Å²) in [7, 11) is 1.37. The van der Waals surface area contributed by atoms with E-state index in [4.69, 9.17) is 9.47 Å². The standard InChI is InChI=1S/C11H12O4/c1-14-10(13)11-5-15-9(12)8(11)6-2-3-7(11)4-6/h2-3,6-8H,4-5H2,1H3/t6-,7?,8+,11-/m0/s1. The number of hydrogen-bond donors (Lipinski definition) is 0. The third-order valence-corrected chi connectivity index (χ3v) is 4.03. The Morgan fingerprint density at radius 1 is 1.60 bits per heavy atom. The molecule has 0 aromatic rings. The highest BCUT2D eigenvalue weighted by Crippen LogP contribution is 2.59. The number of hydrogen-bond acceptors (Lipinski definition) is 4. The van der Waals surface area contributed by atoms with E-state index in [2.05, 4.69) is 0 Å². The highest BCUT2D eigenvalue weighted by molar-refractivity contribution is 5.90. The summed E-state index contributed by atoms with van der Waals surface area (Å²) in [5, 5.41) is 0. The number of rotatable bonds is 1. The Morgan fingerprint density at radius 2 is 2.40 bits per heavy atom. The lowest BCUT2D eigenvalue weighted by molar-refractivity contribution is -0.156. The maximum absolute atomic E-state index is 11.9. The van der Waals surface area contributed by atoms with E-state index >= 15 is 0 Å². The second kappa shape index (κ2) is 2.62. The van der Waals surface area contributed by atoms with Gasteiger partial charge in [0.1, 0.15) is 12.0 Å². The monoisotopic (exact) mass is 208 g/mol. The molecule has 1 saturated heterocycles. The molecule has 4 atom stereocenters. The quantitative estimate of drug-likeness (QED) is 0.466. The van der Waals surface area contributed by atoms with E-state index in [1.165, 1.54) is 7.11 Å². The predicted molar refractivity (Wildman–Crippen MR) is 49.6 cm³/mol. The molecule has 1 unspecified atom stereocenters. The number of ether oxygens (including phenoxy) is 2. The van der Waals surface area contributed by atoms with Gasteiger partial charge in [-0.2, -0.15) is 0 Å². The van der Waals surface area contributed by atoms with Gasteiger partial charge >= 0.3 is 11.9 Å². The second-order valence-electron chi connectivity index (χ2n) is 4.51. The van der Waals surface area contributed by atoms with Gasteiger partial charge in [0, 0.05) is 0 Å². The van der Waals surface area contributed by atoms with E-state index in [0.29, 0.717) is 0 Å². The Morgan fingerprint density at radius 3 is 3.13 bits per heavy atom. The van der Waals surface area contributed by atoms with Crippen LogP contribution >= 0.6 is 0 Å². The largest absolute Gasteiger partial charge is 0.468 e. The first-order chi connectivity index (χ1) is 7.20. The maximum atomic E-state index is 11.9. The van der Waals surface area contributed by atoms with E-state index in [1.807, 2.05) is 12.2 Å². The Labute approximate surface area is 87.2 Å². The SMILES string of the molecule is COC(=O)[C@]12COC(=O)[C@H]1[C@H]1C=CC2C1. The molecule has 80 valence electrons. The summed E-state index contributed by atoms with van der Waals surface area (Å²) in [6, 6.07) is 0. The normalized spacial score (nSPS) is 45.4. The molecule has 2 bridgehead atoms. The highest BCUT2D eigenvalue weighted by atomic mass is 16.6. The molecular weight excluding hydrogens is 196 g/mol. The molecule has 0 amide bonds. The van der Waals surface area contributed by atoms with Crippen molar-refractivity contribution in [1.82, 2.24) is 0 Å². The molecule has 1 aliphatic heterocycles. The second-order valence-corrected chi connectivity index (χ2v) is 4.51. The molecule has 0 N–H and O–H groups in total. The lowest BCUT2D eigenvalue weighted by Gasteiger charge is -2.29. The van der Waals surface area contributed by atoms with Crippen LogP contribution in [0.5, 0.6) is 0 Å². The van der Waals surface area contributed by atoms with Crippen LogP contribution in [-0.2, 0) is 19.1 Å². The molecule has 1 heterocycles. The van der Waals surface area contributed by atoms with Gasteiger partial charge in [0.2, 0.25) is 0 Å². The van der Waals surface area contributed by atoms with Crippen molar-refractivity contribution in [2.45, 2.75) is 6.42 Å². The average Bonchev–Trinajstić information content (AvgIpc) is 2.89. The first-order valence-electron chi connectivity index (χ1n) is 5.13. The van der Waals surface area contributed by atoms with Crippen molar-refractivity contribution in [2.24, 2.45) is 23.2 Å². The highest BCUT2D eigenvalue weighted by Gasteiger charge is 2.68. The summed E-state index contributed by atoms with van der Waals surface area (Å²) in [6.45, 7) is 0.189. The fourth-order valence-electron chi connectivity index (χ4n) is 3.36. The van der Waals surface area contributed by atoms with Gasteiger partial charge < -0.3 is 9.47 Å². The Hall–Kier alpha value is -1.32. The number of carbonyl (C=O) groups is 2. The average molecular weight is 208 g/mol. The van der Waals surface area contributed by atoms with Crippen LogP contribution in [0.15, 0.2) is 12.2 Å². The minimum absolute atomic E-state index is 0.117. The minimum atomic E-state index is -0.717. The van der Waals surface area contributed by atoms with Crippen LogP contribution in [0.3, 0.4) is 0 Å². The number of methoxy groups -OCH3 is 1. The number of fused-ring (bicyclic) bond motifs is 5. The van der Waals surface area contributed by atoms with Crippen LogP contribution in [0.2, 0.25) is 0 Å². The fraction of sp³-hybridized carbons (Fsp3) is 0.636. The number of esters is 2. The predicted octanol–water partition coefficient (Wildman–Crippen LogP) is 0.525. The van der Waals surface area contributed by atoms with Gasteiger partial charge in [-0.25, -0.2) is 0 Å². The van der Waals surface area contributed by atoms with Crippen LogP contribution in [0, 0.1) is 23.2 Å². The Balaban J connectivity index is 2.09. The zero-order valence-corrected chi connectivity index (χ0v) is 8.43. The first kappa shape index (κ1) is 8.95. The molecule has 2 aliphatic carbocycles. The molecule has 0 aromatic carbocycles. The number of allylic oxidation sites excluding steroid dienone is 2. The lowest BCUT2D eigenvalue weighted by atomic mass is 9.70. The smallest absolute Gasteiger partial charge is 0.316 e. The van der Waals surface area contributed by atoms with Crippen molar-refractivity contribution < 1.29 is 19.1 Å². The molecule has 0 spiro atoms. The van der Waals surface area contributed by atoms with Crippen LogP contribution < -0.4 is 0 Å². The molecule has 0 aromatic heterocycles. The van der Waals surface area contributed by atoms with Crippen molar-refractivity contribution in [1.29, 1.82) is 0 Å². The van der Waals surface area contributed by atoms with Gasteiger partial charge in [0.25, 0.3) is 0 Å². The molecule has 1 saturated carbocycles. The van der Waals surface area contributed by atoms with E-state index in [0.717, 1.165) is 6.42 Å². The lowest BCUT2D eigenvalue weighted by Crippen LogP contribution is -2.43. The summed E-state index contributed by atoms with van der Waals surface area (Å²) in [5.41, 5.74) is -0.717. The number of carbonyl (C=O) groups excluding carboxylic acids is 2. The zero-order valence-electron chi connectivity index (χ0n) is 8.43. The van der Waals surface area contributed by atoms with E-state index < -0.39 is 5.41 Å². The van der Waals surface area contributed by atoms with Crippen LogP contribution in [0.25, 0.3) is 0 Å². The van der Waals surface area contributed by atoms with Gasteiger partial charge in [0.05, 0.1) is 13.0 Å². The topological polar surface area (TPSA) is 52.6 Å². The summed E-state index contributed by atoms with van der Waals surface area (Å²) in [6.07, 6.45) is 4.94. The summed E-state index contributed by atoms with van der Waals surface area (Å²) in [5.74, 6) is -0.553. The molecular formula is C11H12O4. The summed E-state index contributed by atoms with van der Waals surface area (Å²) < 4.78 is 9.88. The molecule has 2 fully saturated rings. The Bertz CT molecular complexity index is 373. The van der Waals surface area contributed by atoms with Gasteiger partial charge in [-0.1, -0.05) is 12.2 Å². The van der Waals surface area contributed by atoms with Crippen LogP contribution in [0.4, 0.5) is 0 Å². The number of cyclic esters (lactones) is 1. The third kappa shape index (κ3) is 0.833. The van der Waals surface area contributed by atoms with Crippen LogP contribution in [0.1, 0.15) is 6.42 Å². The van der Waals surface area contributed by atoms with E-state index in [-0.39, 0.29) is 36.3 Å². The molecule has 3 aliphatic rings. The van der Waals surface area contributed by atoms with E-state index in [1.54, 1.807) is 0 Å². The van der Waals surface area contributed by atoms with E-state index in [9.17, 15) is 9.59 Å². The third-order valence-electron chi connectivity index (χ3n) is 4.03. The Kier molecular flexibility index (Phi) is 1.56. The first-order valence-corrected chi connectivity index (χ1v) is 5.13. The minimum Gasteiger partial charge on any atom is -0.468 e. The molecule has 4 heteroatoms. The maximum Gasteiger partial charge on any atom is 0.316 e. The van der Waals surface area contributed by atoms with Gasteiger partial charge in [-0.05, 0) is 18.3 Å². The molecule has 0 radical (unpaired) electrons. The van der Waals surface area contributed by atoms with Gasteiger partial charge in [-0.15, -0.1) is 0 Å². The van der Waals surface area contributed by atoms with Gasteiger partial charge in [0.15, 0.2) is 0 Å². The van der Waals surface area contributed by atoms with Crippen molar-refractivity contribution in [3.05, 3.63) is 12.2 Å². The van der Waals surface area contributed by atoms with Crippen molar-refractivity contribution in [3.8, 4) is 0 Å². The summed E-state index contributed by atoms with van der Waals surface area (Å²) in [4.78, 5) is 23.5.